The largest absolute Gasteiger partial charge is 0.494 e. The monoisotopic (exact) mass is 613 g/mol. The van der Waals surface area contributed by atoms with Crippen molar-refractivity contribution in [3.63, 3.8) is 0 Å². The van der Waals surface area contributed by atoms with Crippen LogP contribution in [0.3, 0.4) is 0 Å². The van der Waals surface area contributed by atoms with Crippen LogP contribution in [0.25, 0.3) is 0 Å². The summed E-state index contributed by atoms with van der Waals surface area (Å²) < 4.78 is 16.1. The van der Waals surface area contributed by atoms with Crippen molar-refractivity contribution in [1.29, 1.82) is 0 Å². The number of ether oxygens (including phenoxy) is 2. The molecular formula is C34H35N3O8. The first kappa shape index (κ1) is 32.5. The fourth-order valence-corrected chi connectivity index (χ4v) is 4.40. The number of rotatable bonds is 16. The van der Waals surface area contributed by atoms with Crippen molar-refractivity contribution in [2.24, 2.45) is 0 Å². The van der Waals surface area contributed by atoms with Gasteiger partial charge in [-0.2, -0.15) is 0 Å². The summed E-state index contributed by atoms with van der Waals surface area (Å²) in [6, 6.07) is 20.7. The van der Waals surface area contributed by atoms with Crippen LogP contribution in [0.2, 0.25) is 0 Å². The number of nitrogens with one attached hydrogen (secondary N) is 1. The van der Waals surface area contributed by atoms with E-state index >= 15 is 0 Å². The molecule has 0 aliphatic rings. The van der Waals surface area contributed by atoms with Crippen LogP contribution in [0.1, 0.15) is 75.9 Å². The first-order valence-corrected chi connectivity index (χ1v) is 14.7. The highest BCUT2D eigenvalue weighted by Gasteiger charge is 2.20. The molecule has 0 unspecified atom stereocenters. The fourth-order valence-electron chi connectivity index (χ4n) is 4.40. The Balaban J connectivity index is 1.30. The summed E-state index contributed by atoms with van der Waals surface area (Å²) in [5, 5.41) is 15.5. The highest BCUT2D eigenvalue weighted by Crippen LogP contribution is 2.19. The zero-order valence-electron chi connectivity index (χ0n) is 24.9. The van der Waals surface area contributed by atoms with Gasteiger partial charge in [-0.05, 0) is 72.6 Å². The third kappa shape index (κ3) is 10.1. The number of aliphatic carboxylic acids is 1. The van der Waals surface area contributed by atoms with Crippen molar-refractivity contribution < 1.29 is 38.3 Å². The van der Waals surface area contributed by atoms with Gasteiger partial charge in [0.2, 0.25) is 5.76 Å². The van der Waals surface area contributed by atoms with E-state index in [1.807, 2.05) is 0 Å². The molecule has 0 bridgehead atoms. The molecule has 0 aliphatic carbocycles. The normalized spacial score (nSPS) is 10.6. The number of carbonyl (C=O) groups excluding carboxylic acids is 3. The van der Waals surface area contributed by atoms with Crippen molar-refractivity contribution in [2.75, 3.05) is 18.5 Å². The quantitative estimate of drug-likeness (QED) is 0.0853. The minimum absolute atomic E-state index is 0.00338. The van der Waals surface area contributed by atoms with Crippen molar-refractivity contribution >= 4 is 29.4 Å². The van der Waals surface area contributed by atoms with Gasteiger partial charge in [-0.15, -0.1) is 0 Å². The molecule has 45 heavy (non-hydrogen) atoms. The van der Waals surface area contributed by atoms with E-state index in [-0.39, 0.29) is 17.9 Å². The van der Waals surface area contributed by atoms with Gasteiger partial charge in [0.15, 0.2) is 0 Å². The Kier molecular flexibility index (Phi) is 11.8. The standard InChI is InChI=1S/C34H35N3O8/c1-2-3-4-5-6-21-43-28-17-11-26(12-18-28)34(42)44-29-15-7-24(8-16-29)22-37(23-31(38)39)33(41)25-9-13-27(14-10-25)36-32(40)30-19-20-35-45-30/h7-20H,2-6,21-23H2,1H3,(H,36,40)(H,38,39). The maximum atomic E-state index is 13.2. The van der Waals surface area contributed by atoms with E-state index in [0.717, 1.165) is 12.8 Å². The second kappa shape index (κ2) is 16.4. The molecule has 2 N–H and O–H groups in total. The molecule has 0 aliphatic heterocycles. The summed E-state index contributed by atoms with van der Waals surface area (Å²) in [5.41, 5.74) is 1.66. The molecule has 4 rings (SSSR count). The van der Waals surface area contributed by atoms with Crippen molar-refractivity contribution in [1.82, 2.24) is 10.1 Å². The highest BCUT2D eigenvalue weighted by molar-refractivity contribution is 6.02. The van der Waals surface area contributed by atoms with E-state index in [1.165, 1.54) is 60.7 Å². The Labute approximate surface area is 260 Å². The number of benzene rings is 3. The van der Waals surface area contributed by atoms with E-state index in [9.17, 15) is 24.3 Å². The summed E-state index contributed by atoms with van der Waals surface area (Å²) in [7, 11) is 0. The molecule has 0 atom stereocenters. The fraction of sp³-hybridized carbons (Fsp3) is 0.265. The molecule has 234 valence electrons. The first-order valence-electron chi connectivity index (χ1n) is 14.7. The zero-order valence-corrected chi connectivity index (χ0v) is 24.9. The Morgan fingerprint density at radius 1 is 0.822 bits per heavy atom. The van der Waals surface area contributed by atoms with Crippen molar-refractivity contribution in [2.45, 2.75) is 45.6 Å². The van der Waals surface area contributed by atoms with Gasteiger partial charge in [0.05, 0.1) is 18.4 Å². The smallest absolute Gasteiger partial charge is 0.343 e. The van der Waals surface area contributed by atoms with E-state index in [0.29, 0.717) is 34.9 Å². The summed E-state index contributed by atoms with van der Waals surface area (Å²) in [5.74, 6) is -1.69. The summed E-state index contributed by atoms with van der Waals surface area (Å²) in [6.07, 6.45) is 7.10. The van der Waals surface area contributed by atoms with E-state index in [2.05, 4.69) is 17.4 Å². The number of unbranched alkanes of at least 4 members (excludes halogenated alkanes) is 4. The number of carbonyl (C=O) groups is 4. The number of aromatic nitrogens is 1. The van der Waals surface area contributed by atoms with Crippen LogP contribution in [0.5, 0.6) is 11.5 Å². The van der Waals surface area contributed by atoms with Crippen LogP contribution in [0, 0.1) is 0 Å². The second-order valence-electron chi connectivity index (χ2n) is 10.3. The lowest BCUT2D eigenvalue weighted by atomic mass is 10.1. The molecule has 0 spiro atoms. The van der Waals surface area contributed by atoms with Gasteiger partial charge in [-0.25, -0.2) is 4.79 Å². The third-order valence-corrected chi connectivity index (χ3v) is 6.78. The van der Waals surface area contributed by atoms with E-state index < -0.39 is 30.3 Å². The van der Waals surface area contributed by atoms with Crippen LogP contribution in [0.15, 0.2) is 89.6 Å². The number of hydrogen-bond acceptors (Lipinski definition) is 8. The van der Waals surface area contributed by atoms with Gasteiger partial charge in [0, 0.05) is 23.9 Å². The number of hydrogen-bond donors (Lipinski definition) is 2. The topological polar surface area (TPSA) is 148 Å². The average molecular weight is 614 g/mol. The molecule has 1 heterocycles. The van der Waals surface area contributed by atoms with Gasteiger partial charge in [-0.3, -0.25) is 14.4 Å². The van der Waals surface area contributed by atoms with Gasteiger partial charge in [-0.1, -0.05) is 49.9 Å². The molecule has 4 aromatic rings. The molecule has 2 amide bonds. The lowest BCUT2D eigenvalue weighted by molar-refractivity contribution is -0.137. The number of nitrogens with zero attached hydrogens (tertiary/aromatic N) is 2. The predicted octanol–water partition coefficient (Wildman–Crippen LogP) is 6.22. The SMILES string of the molecule is CCCCCCCOc1ccc(C(=O)Oc2ccc(CN(CC(=O)O)C(=O)c3ccc(NC(=O)c4ccno4)cc3)cc2)cc1. The molecule has 11 nitrogen and oxygen atoms in total. The lowest BCUT2D eigenvalue weighted by Gasteiger charge is -2.21. The Bertz CT molecular complexity index is 1550. The van der Waals surface area contributed by atoms with Crippen molar-refractivity contribution in [3.8, 4) is 11.5 Å². The average Bonchev–Trinajstić information content (AvgIpc) is 3.59. The lowest BCUT2D eigenvalue weighted by Crippen LogP contribution is -2.35. The number of anilines is 1. The molecule has 0 radical (unpaired) electrons. The van der Waals surface area contributed by atoms with Crippen LogP contribution in [-0.2, 0) is 11.3 Å². The minimum atomic E-state index is -1.17. The first-order chi connectivity index (χ1) is 21.8. The minimum Gasteiger partial charge on any atom is -0.494 e. The number of amides is 2. The maximum Gasteiger partial charge on any atom is 0.343 e. The van der Waals surface area contributed by atoms with Crippen molar-refractivity contribution in [3.05, 3.63) is 108 Å². The van der Waals surface area contributed by atoms with Crippen LogP contribution in [0.4, 0.5) is 5.69 Å². The number of carboxylic acid groups (broad SMARTS) is 1. The predicted molar refractivity (Wildman–Crippen MR) is 165 cm³/mol. The van der Waals surface area contributed by atoms with Crippen LogP contribution >= 0.6 is 0 Å². The Morgan fingerprint density at radius 2 is 1.49 bits per heavy atom. The van der Waals surface area contributed by atoms with Gasteiger partial charge >= 0.3 is 11.9 Å². The molecule has 0 saturated heterocycles. The van der Waals surface area contributed by atoms with Crippen LogP contribution in [-0.4, -0.2) is 52.1 Å². The van der Waals surface area contributed by atoms with Gasteiger partial charge < -0.3 is 29.3 Å². The molecule has 3 aromatic carbocycles. The molecule has 1 aromatic heterocycles. The highest BCUT2D eigenvalue weighted by atomic mass is 16.5. The zero-order chi connectivity index (χ0) is 32.0. The van der Waals surface area contributed by atoms with E-state index in [4.69, 9.17) is 14.0 Å². The summed E-state index contributed by atoms with van der Waals surface area (Å²) >= 11 is 0. The molecular weight excluding hydrogens is 578 g/mol. The Morgan fingerprint density at radius 3 is 2.13 bits per heavy atom. The maximum absolute atomic E-state index is 13.2. The van der Waals surface area contributed by atoms with E-state index in [1.54, 1.807) is 48.5 Å². The number of carboxylic acids is 1. The Hall–Kier alpha value is -5.45. The molecule has 11 heteroatoms. The molecule has 0 saturated carbocycles. The van der Waals surface area contributed by atoms with Gasteiger partial charge in [0.25, 0.3) is 11.8 Å². The number of esters is 1. The van der Waals surface area contributed by atoms with Gasteiger partial charge in [0.1, 0.15) is 18.0 Å². The van der Waals surface area contributed by atoms with Crippen LogP contribution < -0.4 is 14.8 Å². The third-order valence-electron chi connectivity index (χ3n) is 6.78. The summed E-state index contributed by atoms with van der Waals surface area (Å²) in [6.45, 7) is 2.28. The molecule has 0 fully saturated rings. The summed E-state index contributed by atoms with van der Waals surface area (Å²) in [4.78, 5) is 50.7. The second-order valence-corrected chi connectivity index (χ2v) is 10.3.